The first-order valence-electron chi connectivity index (χ1n) is 19.3. The van der Waals surface area contributed by atoms with E-state index in [1.165, 1.54) is 4.90 Å². The van der Waals surface area contributed by atoms with Crippen molar-refractivity contribution in [3.05, 3.63) is 161 Å². The third-order valence-corrected chi connectivity index (χ3v) is 10.6. The molecule has 3 heterocycles. The van der Waals surface area contributed by atoms with E-state index in [1.54, 1.807) is 0 Å². The van der Waals surface area contributed by atoms with E-state index in [2.05, 4.69) is 29.2 Å². The standard InChI is InChI=1S/C46H48N4O7/c1-31-41(28-49(2)24-22-39-13-6-7-23-47-39)56-45(57-43(31)36-16-14-32(29-51)15-17-36)37-20-18-35(19-21-37)38-12-8-11-34(25-38)27-50-42(52)26-40(44(50)53)48-46(54)55-30-33-9-4-3-5-10-33/h3-21,23,25,31,40-41,43,45,51H,22,24,26-30H2,1-2H3,(H,48,54). The van der Waals surface area contributed by atoms with E-state index in [-0.39, 0.29) is 50.2 Å². The minimum absolute atomic E-state index is 0.0214. The van der Waals surface area contributed by atoms with Gasteiger partial charge >= 0.3 is 6.09 Å². The van der Waals surface area contributed by atoms with E-state index < -0.39 is 24.3 Å². The third kappa shape index (κ3) is 10.00. The minimum Gasteiger partial charge on any atom is -0.445 e. The number of carbonyl (C=O) groups excluding carboxylic acids is 3. The SMILES string of the molecule is CC1C(CN(C)CCc2ccccn2)OC(c2ccc(-c3cccc(CN4C(=O)CC(NC(=O)OCc5ccccc5)C4=O)c3)cc2)OC1c1ccc(CO)cc1. The van der Waals surface area contributed by atoms with Crippen LogP contribution in [0.5, 0.6) is 0 Å². The zero-order valence-electron chi connectivity index (χ0n) is 32.2. The molecule has 2 aliphatic heterocycles. The number of amides is 3. The van der Waals surface area contributed by atoms with Crippen molar-refractivity contribution < 1.29 is 33.7 Å². The maximum absolute atomic E-state index is 13.2. The van der Waals surface area contributed by atoms with Crippen LogP contribution in [0.4, 0.5) is 4.79 Å². The molecular formula is C46H48N4O7. The Balaban J connectivity index is 1.01. The molecule has 294 valence electrons. The Labute approximate surface area is 333 Å². The summed E-state index contributed by atoms with van der Waals surface area (Å²) in [6.07, 6.45) is 0.824. The number of hydrogen-bond acceptors (Lipinski definition) is 9. The molecule has 2 N–H and O–H groups in total. The van der Waals surface area contributed by atoms with Crippen molar-refractivity contribution >= 4 is 17.9 Å². The number of pyridine rings is 1. The second kappa shape index (κ2) is 18.5. The lowest BCUT2D eigenvalue weighted by Gasteiger charge is -2.42. The lowest BCUT2D eigenvalue weighted by Crippen LogP contribution is -2.43. The van der Waals surface area contributed by atoms with Crippen LogP contribution in [-0.2, 0) is 50.0 Å². The molecule has 2 aliphatic rings. The Morgan fingerprint density at radius 1 is 0.860 bits per heavy atom. The first-order valence-corrected chi connectivity index (χ1v) is 19.3. The van der Waals surface area contributed by atoms with Gasteiger partial charge in [0.15, 0.2) is 6.29 Å². The number of rotatable bonds is 14. The maximum atomic E-state index is 13.2. The Bertz CT molecular complexity index is 2120. The predicted octanol–water partition coefficient (Wildman–Crippen LogP) is 6.76. The lowest BCUT2D eigenvalue weighted by atomic mass is 9.90. The van der Waals surface area contributed by atoms with Gasteiger partial charge in [-0.25, -0.2) is 4.79 Å². The van der Waals surface area contributed by atoms with E-state index in [0.29, 0.717) is 6.54 Å². The van der Waals surface area contributed by atoms with Gasteiger partial charge in [0.25, 0.3) is 5.91 Å². The maximum Gasteiger partial charge on any atom is 0.408 e. The van der Waals surface area contributed by atoms with Gasteiger partial charge in [-0.3, -0.25) is 19.5 Å². The monoisotopic (exact) mass is 768 g/mol. The van der Waals surface area contributed by atoms with Gasteiger partial charge in [0, 0.05) is 42.9 Å². The Hall–Kier alpha value is -5.72. The largest absolute Gasteiger partial charge is 0.445 e. The summed E-state index contributed by atoms with van der Waals surface area (Å²) in [4.78, 5) is 46.5. The van der Waals surface area contributed by atoms with Crippen LogP contribution in [0.25, 0.3) is 11.1 Å². The number of aromatic nitrogens is 1. The molecule has 5 atom stereocenters. The smallest absolute Gasteiger partial charge is 0.408 e. The van der Waals surface area contributed by atoms with Crippen LogP contribution >= 0.6 is 0 Å². The first kappa shape index (κ1) is 39.5. The van der Waals surface area contributed by atoms with E-state index >= 15 is 0 Å². The molecule has 0 radical (unpaired) electrons. The van der Waals surface area contributed by atoms with Gasteiger partial charge in [-0.2, -0.15) is 0 Å². The summed E-state index contributed by atoms with van der Waals surface area (Å²) in [6.45, 7) is 3.83. The molecule has 3 amide bonds. The summed E-state index contributed by atoms with van der Waals surface area (Å²) in [6, 6.07) is 37.9. The highest BCUT2D eigenvalue weighted by molar-refractivity contribution is 6.06. The van der Waals surface area contributed by atoms with Crippen molar-refractivity contribution in [2.24, 2.45) is 5.92 Å². The highest BCUT2D eigenvalue weighted by atomic mass is 16.7. The van der Waals surface area contributed by atoms with Gasteiger partial charge in [0.1, 0.15) is 12.6 Å². The van der Waals surface area contributed by atoms with Gasteiger partial charge in [-0.15, -0.1) is 0 Å². The molecule has 5 aromatic rings. The molecule has 0 bridgehead atoms. The molecule has 0 saturated carbocycles. The Morgan fingerprint density at radius 3 is 2.33 bits per heavy atom. The van der Waals surface area contributed by atoms with Gasteiger partial charge < -0.3 is 29.5 Å². The van der Waals surface area contributed by atoms with Crippen molar-refractivity contribution in [3.8, 4) is 11.1 Å². The highest BCUT2D eigenvalue weighted by Gasteiger charge is 2.40. The van der Waals surface area contributed by atoms with Crippen molar-refractivity contribution in [2.75, 3.05) is 20.1 Å². The number of aliphatic hydroxyl groups is 1. The van der Waals surface area contributed by atoms with Crippen molar-refractivity contribution in [3.63, 3.8) is 0 Å². The zero-order valence-corrected chi connectivity index (χ0v) is 32.2. The van der Waals surface area contributed by atoms with Crippen LogP contribution in [-0.4, -0.2) is 70.1 Å². The minimum atomic E-state index is -0.977. The molecule has 11 heteroatoms. The fraction of sp³-hybridized carbons (Fsp3) is 0.304. The number of likely N-dealkylation sites (N-methyl/N-ethyl adjacent to an activating group) is 1. The fourth-order valence-electron chi connectivity index (χ4n) is 7.31. The van der Waals surface area contributed by atoms with Gasteiger partial charge in [0.2, 0.25) is 5.91 Å². The molecule has 5 unspecified atom stereocenters. The van der Waals surface area contributed by atoms with Gasteiger partial charge in [-0.05, 0) is 58.6 Å². The average molecular weight is 769 g/mol. The van der Waals surface area contributed by atoms with Crippen molar-refractivity contribution in [1.82, 2.24) is 20.1 Å². The Morgan fingerprint density at radius 2 is 1.60 bits per heavy atom. The molecule has 2 saturated heterocycles. The van der Waals surface area contributed by atoms with Crippen LogP contribution in [0.3, 0.4) is 0 Å². The topological polar surface area (TPSA) is 131 Å². The molecule has 4 aromatic carbocycles. The summed E-state index contributed by atoms with van der Waals surface area (Å²) in [5.41, 5.74) is 7.28. The second-order valence-corrected chi connectivity index (χ2v) is 14.8. The molecule has 1 aromatic heterocycles. The van der Waals surface area contributed by atoms with Gasteiger partial charge in [-0.1, -0.05) is 110 Å². The highest BCUT2D eigenvalue weighted by Crippen LogP contribution is 2.42. The molecular weight excluding hydrogens is 721 g/mol. The molecule has 2 fully saturated rings. The zero-order chi connectivity index (χ0) is 39.7. The number of nitrogens with zero attached hydrogens (tertiary/aromatic N) is 3. The summed E-state index contributed by atoms with van der Waals surface area (Å²) < 4.78 is 18.7. The number of alkyl carbamates (subject to hydrolysis) is 1. The molecule has 11 nitrogen and oxygen atoms in total. The van der Waals surface area contributed by atoms with E-state index in [1.807, 2.05) is 128 Å². The predicted molar refractivity (Wildman–Crippen MR) is 214 cm³/mol. The van der Waals surface area contributed by atoms with E-state index in [4.69, 9.17) is 14.2 Å². The number of nitrogens with one attached hydrogen (secondary N) is 1. The summed E-state index contributed by atoms with van der Waals surface area (Å²) >= 11 is 0. The van der Waals surface area contributed by atoms with Crippen LogP contribution in [0.2, 0.25) is 0 Å². The van der Waals surface area contributed by atoms with Crippen LogP contribution in [0.1, 0.15) is 59.2 Å². The van der Waals surface area contributed by atoms with Crippen LogP contribution < -0.4 is 5.32 Å². The van der Waals surface area contributed by atoms with E-state index in [9.17, 15) is 19.5 Å². The van der Waals surface area contributed by atoms with Gasteiger partial charge in [0.05, 0.1) is 31.8 Å². The number of ether oxygens (including phenoxy) is 3. The number of imide groups is 1. The third-order valence-electron chi connectivity index (χ3n) is 10.6. The molecule has 0 aliphatic carbocycles. The first-order chi connectivity index (χ1) is 27.7. The summed E-state index contributed by atoms with van der Waals surface area (Å²) in [5.74, 6) is -0.770. The number of benzene rings is 4. The lowest BCUT2D eigenvalue weighted by molar-refractivity contribution is -0.275. The molecule has 57 heavy (non-hydrogen) atoms. The number of likely N-dealkylation sites (tertiary alicyclic amines) is 1. The number of carbonyl (C=O) groups is 3. The summed E-state index contributed by atoms with van der Waals surface area (Å²) in [7, 11) is 2.10. The van der Waals surface area contributed by atoms with Crippen LogP contribution in [0, 0.1) is 5.92 Å². The molecule has 0 spiro atoms. The van der Waals surface area contributed by atoms with Crippen molar-refractivity contribution in [2.45, 2.75) is 64.1 Å². The summed E-state index contributed by atoms with van der Waals surface area (Å²) in [5, 5.41) is 12.2. The number of aliphatic hydroxyl groups excluding tert-OH is 1. The quantitative estimate of drug-likeness (QED) is 0.118. The van der Waals surface area contributed by atoms with Crippen LogP contribution in [0.15, 0.2) is 128 Å². The average Bonchev–Trinajstić information content (AvgIpc) is 3.50. The Kier molecular flexibility index (Phi) is 12.8. The molecule has 7 rings (SSSR count). The fourth-order valence-corrected chi connectivity index (χ4v) is 7.31. The van der Waals surface area contributed by atoms with Crippen molar-refractivity contribution in [1.29, 1.82) is 0 Å². The number of hydrogen-bond donors (Lipinski definition) is 2. The van der Waals surface area contributed by atoms with E-state index in [0.717, 1.165) is 57.6 Å². The second-order valence-electron chi connectivity index (χ2n) is 14.8. The normalized spacial score (nSPS) is 20.8.